The summed E-state index contributed by atoms with van der Waals surface area (Å²) >= 11 is 0. The second kappa shape index (κ2) is 9.46. The number of carbonyl (C=O) groups excluding carboxylic acids is 1. The SMILES string of the molecule is CCOc1cc(/C=N/NC(=O)COc2ccc(C(C)C)cc2)ccc1O. The van der Waals surface area contributed by atoms with Gasteiger partial charge < -0.3 is 14.6 Å². The van der Waals surface area contributed by atoms with Crippen LogP contribution in [0.5, 0.6) is 17.2 Å². The molecule has 0 heterocycles. The molecule has 2 aromatic carbocycles. The van der Waals surface area contributed by atoms with Crippen molar-refractivity contribution < 1.29 is 19.4 Å². The Balaban J connectivity index is 1.82. The Morgan fingerprint density at radius 3 is 2.58 bits per heavy atom. The zero-order valence-electron chi connectivity index (χ0n) is 15.2. The van der Waals surface area contributed by atoms with Crippen LogP contribution in [0.15, 0.2) is 47.6 Å². The summed E-state index contributed by atoms with van der Waals surface area (Å²) in [6, 6.07) is 12.5. The Kier molecular flexibility index (Phi) is 7.02. The van der Waals surface area contributed by atoms with Gasteiger partial charge in [-0.15, -0.1) is 0 Å². The monoisotopic (exact) mass is 356 g/mol. The van der Waals surface area contributed by atoms with Crippen molar-refractivity contribution in [2.24, 2.45) is 5.10 Å². The zero-order valence-corrected chi connectivity index (χ0v) is 15.2. The molecule has 138 valence electrons. The second-order valence-corrected chi connectivity index (χ2v) is 5.97. The number of amides is 1. The molecular weight excluding hydrogens is 332 g/mol. The van der Waals surface area contributed by atoms with Gasteiger partial charge in [0, 0.05) is 0 Å². The topological polar surface area (TPSA) is 80.2 Å². The highest BCUT2D eigenvalue weighted by molar-refractivity contribution is 5.83. The first-order chi connectivity index (χ1) is 12.5. The lowest BCUT2D eigenvalue weighted by molar-refractivity contribution is -0.123. The van der Waals surface area contributed by atoms with E-state index in [0.29, 0.717) is 29.6 Å². The van der Waals surface area contributed by atoms with Crippen LogP contribution in [0.3, 0.4) is 0 Å². The molecule has 2 rings (SSSR count). The molecule has 0 aliphatic carbocycles. The maximum absolute atomic E-state index is 11.8. The molecule has 0 spiro atoms. The minimum atomic E-state index is -0.363. The summed E-state index contributed by atoms with van der Waals surface area (Å²) in [7, 11) is 0. The van der Waals surface area contributed by atoms with Gasteiger partial charge in [-0.3, -0.25) is 4.79 Å². The van der Waals surface area contributed by atoms with Crippen LogP contribution in [0.4, 0.5) is 0 Å². The molecule has 0 fully saturated rings. The summed E-state index contributed by atoms with van der Waals surface area (Å²) in [5.41, 5.74) is 4.31. The Morgan fingerprint density at radius 2 is 1.92 bits per heavy atom. The molecule has 0 saturated carbocycles. The molecule has 0 radical (unpaired) electrons. The Labute approximate surface area is 153 Å². The molecule has 6 nitrogen and oxygen atoms in total. The van der Waals surface area contributed by atoms with E-state index in [1.54, 1.807) is 12.1 Å². The average Bonchev–Trinajstić information content (AvgIpc) is 2.63. The van der Waals surface area contributed by atoms with E-state index in [2.05, 4.69) is 24.4 Å². The van der Waals surface area contributed by atoms with Gasteiger partial charge in [0.1, 0.15) is 5.75 Å². The molecule has 0 aliphatic rings. The van der Waals surface area contributed by atoms with Gasteiger partial charge in [-0.05, 0) is 54.3 Å². The van der Waals surface area contributed by atoms with E-state index >= 15 is 0 Å². The fourth-order valence-corrected chi connectivity index (χ4v) is 2.19. The van der Waals surface area contributed by atoms with Crippen molar-refractivity contribution in [3.05, 3.63) is 53.6 Å². The number of aromatic hydroxyl groups is 1. The molecule has 0 aromatic heterocycles. The van der Waals surface area contributed by atoms with Crippen LogP contribution in [0.2, 0.25) is 0 Å². The Morgan fingerprint density at radius 1 is 1.19 bits per heavy atom. The lowest BCUT2D eigenvalue weighted by atomic mass is 10.0. The lowest BCUT2D eigenvalue weighted by Crippen LogP contribution is -2.24. The molecule has 2 aromatic rings. The standard InChI is InChI=1S/C20H24N2O4/c1-4-25-19-11-15(5-10-18(19)23)12-21-22-20(24)13-26-17-8-6-16(7-9-17)14(2)3/h5-12,14,23H,4,13H2,1-3H3,(H,22,24)/b21-12+. The fourth-order valence-electron chi connectivity index (χ4n) is 2.19. The van der Waals surface area contributed by atoms with Gasteiger partial charge in [0.05, 0.1) is 12.8 Å². The van der Waals surface area contributed by atoms with E-state index in [-0.39, 0.29) is 18.3 Å². The number of phenolic OH excluding ortho intramolecular Hbond substituents is 1. The third kappa shape index (κ3) is 5.81. The lowest BCUT2D eigenvalue weighted by Gasteiger charge is -2.08. The average molecular weight is 356 g/mol. The third-order valence-corrected chi connectivity index (χ3v) is 3.60. The number of benzene rings is 2. The van der Waals surface area contributed by atoms with E-state index in [9.17, 15) is 9.90 Å². The van der Waals surface area contributed by atoms with Crippen molar-refractivity contribution in [3.8, 4) is 17.2 Å². The molecule has 0 saturated heterocycles. The minimum Gasteiger partial charge on any atom is -0.504 e. The summed E-state index contributed by atoms with van der Waals surface area (Å²) < 4.78 is 10.7. The summed E-state index contributed by atoms with van der Waals surface area (Å²) in [4.78, 5) is 11.8. The number of carbonyl (C=O) groups is 1. The van der Waals surface area contributed by atoms with E-state index in [1.807, 2.05) is 31.2 Å². The van der Waals surface area contributed by atoms with Gasteiger partial charge in [-0.1, -0.05) is 26.0 Å². The summed E-state index contributed by atoms with van der Waals surface area (Å²) in [6.45, 7) is 6.38. The Bertz CT molecular complexity index is 755. The largest absolute Gasteiger partial charge is 0.504 e. The molecule has 6 heteroatoms. The first-order valence-electron chi connectivity index (χ1n) is 8.50. The Hall–Kier alpha value is -3.02. The van der Waals surface area contributed by atoms with E-state index in [0.717, 1.165) is 0 Å². The predicted octanol–water partition coefficient (Wildman–Crippen LogP) is 3.44. The number of phenols is 1. The van der Waals surface area contributed by atoms with E-state index in [4.69, 9.17) is 9.47 Å². The van der Waals surface area contributed by atoms with Crippen molar-refractivity contribution in [2.75, 3.05) is 13.2 Å². The minimum absolute atomic E-state index is 0.0601. The third-order valence-electron chi connectivity index (χ3n) is 3.60. The normalized spacial score (nSPS) is 10.9. The fraction of sp³-hybridized carbons (Fsp3) is 0.300. The van der Waals surface area contributed by atoms with Gasteiger partial charge in [-0.2, -0.15) is 5.10 Å². The number of nitrogens with one attached hydrogen (secondary N) is 1. The summed E-state index contributed by atoms with van der Waals surface area (Å²) in [5, 5.41) is 13.5. The van der Waals surface area contributed by atoms with Crippen LogP contribution >= 0.6 is 0 Å². The number of rotatable bonds is 8. The molecular formula is C20H24N2O4. The van der Waals surface area contributed by atoms with E-state index in [1.165, 1.54) is 17.8 Å². The maximum atomic E-state index is 11.8. The van der Waals surface area contributed by atoms with Crippen molar-refractivity contribution in [2.45, 2.75) is 26.7 Å². The summed E-state index contributed by atoms with van der Waals surface area (Å²) in [6.07, 6.45) is 1.47. The molecule has 0 aliphatic heterocycles. The van der Waals surface area contributed by atoms with Gasteiger partial charge in [0.25, 0.3) is 5.91 Å². The quantitative estimate of drug-likeness (QED) is 0.561. The van der Waals surface area contributed by atoms with Gasteiger partial charge in [0.2, 0.25) is 0 Å². The first kappa shape index (κ1) is 19.3. The van der Waals surface area contributed by atoms with Gasteiger partial charge in [0.15, 0.2) is 18.1 Å². The van der Waals surface area contributed by atoms with Crippen LogP contribution < -0.4 is 14.9 Å². The van der Waals surface area contributed by atoms with Gasteiger partial charge in [-0.25, -0.2) is 5.43 Å². The molecule has 2 N–H and O–H groups in total. The molecule has 0 unspecified atom stereocenters. The van der Waals surface area contributed by atoms with Crippen molar-refractivity contribution >= 4 is 12.1 Å². The summed E-state index contributed by atoms with van der Waals surface area (Å²) in [5.74, 6) is 1.15. The highest BCUT2D eigenvalue weighted by Gasteiger charge is 2.04. The van der Waals surface area contributed by atoms with Crippen LogP contribution in [0.25, 0.3) is 0 Å². The van der Waals surface area contributed by atoms with Crippen molar-refractivity contribution in [1.29, 1.82) is 0 Å². The maximum Gasteiger partial charge on any atom is 0.277 e. The molecule has 26 heavy (non-hydrogen) atoms. The van der Waals surface area contributed by atoms with Crippen LogP contribution in [0, 0.1) is 0 Å². The molecule has 1 amide bonds. The highest BCUT2D eigenvalue weighted by atomic mass is 16.5. The van der Waals surface area contributed by atoms with E-state index < -0.39 is 0 Å². The number of hydrogen-bond acceptors (Lipinski definition) is 5. The second-order valence-electron chi connectivity index (χ2n) is 5.97. The highest BCUT2D eigenvalue weighted by Crippen LogP contribution is 2.26. The first-order valence-corrected chi connectivity index (χ1v) is 8.50. The van der Waals surface area contributed by atoms with Crippen LogP contribution in [-0.2, 0) is 4.79 Å². The zero-order chi connectivity index (χ0) is 18.9. The predicted molar refractivity (Wildman–Crippen MR) is 101 cm³/mol. The number of nitrogens with zero attached hydrogens (tertiary/aromatic N) is 1. The van der Waals surface area contributed by atoms with Crippen molar-refractivity contribution in [3.63, 3.8) is 0 Å². The van der Waals surface area contributed by atoms with Crippen LogP contribution in [0.1, 0.15) is 37.8 Å². The molecule has 0 atom stereocenters. The van der Waals surface area contributed by atoms with Gasteiger partial charge >= 0.3 is 0 Å². The number of hydrogen-bond donors (Lipinski definition) is 2. The van der Waals surface area contributed by atoms with Crippen molar-refractivity contribution in [1.82, 2.24) is 5.43 Å². The number of ether oxygens (including phenoxy) is 2. The number of hydrazone groups is 1. The van der Waals surface area contributed by atoms with Crippen LogP contribution in [-0.4, -0.2) is 30.4 Å². The molecule has 0 bridgehead atoms. The smallest absolute Gasteiger partial charge is 0.277 e.